The first kappa shape index (κ1) is 31.8. The van der Waals surface area contributed by atoms with Crippen LogP contribution in [-0.2, 0) is 0 Å². The molecule has 3 aromatic heterocycles. The van der Waals surface area contributed by atoms with Crippen molar-refractivity contribution in [3.63, 3.8) is 0 Å². The van der Waals surface area contributed by atoms with Crippen LogP contribution in [0.4, 0.5) is 0 Å². The van der Waals surface area contributed by atoms with Gasteiger partial charge in [-0.25, -0.2) is 19.9 Å². The summed E-state index contributed by atoms with van der Waals surface area (Å²) < 4.78 is 13.4. The summed E-state index contributed by atoms with van der Waals surface area (Å²) in [6.45, 7) is 0. The van der Waals surface area contributed by atoms with E-state index in [0.29, 0.717) is 28.9 Å². The Morgan fingerprint density at radius 3 is 1.62 bits per heavy atom. The summed E-state index contributed by atoms with van der Waals surface area (Å²) >= 11 is 0. The molecule has 56 heavy (non-hydrogen) atoms. The number of benzene rings is 8. The molecule has 0 saturated heterocycles. The van der Waals surface area contributed by atoms with Gasteiger partial charge in [-0.2, -0.15) is 0 Å². The van der Waals surface area contributed by atoms with E-state index < -0.39 is 0 Å². The maximum absolute atomic E-state index is 6.76. The summed E-state index contributed by atoms with van der Waals surface area (Å²) in [6, 6.07) is 61.7. The molecule has 0 aliphatic heterocycles. The van der Waals surface area contributed by atoms with Crippen LogP contribution in [0.25, 0.3) is 112 Å². The van der Waals surface area contributed by atoms with Gasteiger partial charge in [0, 0.05) is 44.2 Å². The van der Waals surface area contributed by atoms with Crippen molar-refractivity contribution in [2.75, 3.05) is 0 Å². The van der Waals surface area contributed by atoms with Crippen LogP contribution in [0.15, 0.2) is 191 Å². The lowest BCUT2D eigenvalue weighted by molar-refractivity contribution is 0.621. The molecular formula is C50H30N4O2. The van der Waals surface area contributed by atoms with Gasteiger partial charge in [0.25, 0.3) is 0 Å². The Kier molecular flexibility index (Phi) is 7.38. The first-order chi connectivity index (χ1) is 27.7. The molecule has 0 N–H and O–H groups in total. The topological polar surface area (TPSA) is 77.8 Å². The van der Waals surface area contributed by atoms with Gasteiger partial charge < -0.3 is 8.83 Å². The third-order valence-corrected chi connectivity index (χ3v) is 10.4. The van der Waals surface area contributed by atoms with Crippen LogP contribution >= 0.6 is 0 Å². The smallest absolute Gasteiger partial charge is 0.227 e. The SMILES string of the molecule is c1ccc(-c2cc(-c3nc4cccc(-c5cccc6c5oc5ccc(-c7nc(-c8ccccc8)nc(-c8ccccc8)n7)cc56)c4o3)c3ccccc3c2)cc1. The number of hydrogen-bond acceptors (Lipinski definition) is 6. The molecule has 0 fully saturated rings. The summed E-state index contributed by atoms with van der Waals surface area (Å²) in [5.41, 5.74) is 10.8. The second-order valence-electron chi connectivity index (χ2n) is 13.8. The van der Waals surface area contributed by atoms with Gasteiger partial charge in [0.2, 0.25) is 5.89 Å². The highest BCUT2D eigenvalue weighted by molar-refractivity contribution is 6.12. The van der Waals surface area contributed by atoms with E-state index in [-0.39, 0.29) is 0 Å². The standard InChI is InChI=1S/C50H30N4O2/c1-4-14-31(15-5-1)36-28-34-20-10-11-21-37(34)42(30-36)50-51-43-25-13-24-39(46(43)56-50)38-22-12-23-40-41-29-35(26-27-44(41)55-45(38)40)49-53-47(32-16-6-2-7-17-32)52-48(54-49)33-18-8-3-9-19-33/h1-30H. The van der Waals surface area contributed by atoms with Gasteiger partial charge in [-0.3, -0.25) is 0 Å². The molecule has 0 atom stereocenters. The molecular weight excluding hydrogens is 689 g/mol. The van der Waals surface area contributed by atoms with Gasteiger partial charge in [-0.15, -0.1) is 0 Å². The molecule has 0 unspecified atom stereocenters. The van der Waals surface area contributed by atoms with Gasteiger partial charge in [0.05, 0.1) is 0 Å². The van der Waals surface area contributed by atoms with E-state index in [1.807, 2.05) is 91.0 Å². The summed E-state index contributed by atoms with van der Waals surface area (Å²) in [4.78, 5) is 19.9. The van der Waals surface area contributed by atoms with Crippen LogP contribution in [0.2, 0.25) is 0 Å². The van der Waals surface area contributed by atoms with Crippen molar-refractivity contribution >= 4 is 43.8 Å². The third kappa shape index (κ3) is 5.43. The summed E-state index contributed by atoms with van der Waals surface area (Å²) in [5, 5.41) is 4.16. The number of aromatic nitrogens is 4. The second-order valence-corrected chi connectivity index (χ2v) is 13.8. The first-order valence-corrected chi connectivity index (χ1v) is 18.5. The molecule has 3 heterocycles. The van der Waals surface area contributed by atoms with E-state index >= 15 is 0 Å². The predicted octanol–water partition coefficient (Wildman–Crippen LogP) is 13.1. The lowest BCUT2D eigenvalue weighted by Crippen LogP contribution is -2.00. The molecule has 0 bridgehead atoms. The monoisotopic (exact) mass is 718 g/mol. The van der Waals surface area contributed by atoms with Gasteiger partial charge in [0.1, 0.15) is 16.7 Å². The van der Waals surface area contributed by atoms with Gasteiger partial charge >= 0.3 is 0 Å². The number of oxazole rings is 1. The fraction of sp³-hybridized carbons (Fsp3) is 0. The first-order valence-electron chi connectivity index (χ1n) is 18.5. The maximum Gasteiger partial charge on any atom is 0.227 e. The molecule has 0 radical (unpaired) electrons. The zero-order chi connectivity index (χ0) is 37.0. The van der Waals surface area contributed by atoms with Crippen molar-refractivity contribution < 1.29 is 8.83 Å². The Morgan fingerprint density at radius 1 is 0.321 bits per heavy atom. The van der Waals surface area contributed by atoms with Crippen molar-refractivity contribution in [3.05, 3.63) is 182 Å². The number of nitrogens with zero attached hydrogens (tertiary/aromatic N) is 4. The quantitative estimate of drug-likeness (QED) is 0.170. The van der Waals surface area contributed by atoms with E-state index in [9.17, 15) is 0 Å². The number of para-hydroxylation sites is 2. The van der Waals surface area contributed by atoms with Crippen LogP contribution in [0, 0.1) is 0 Å². The van der Waals surface area contributed by atoms with Crippen LogP contribution in [0.3, 0.4) is 0 Å². The Hall–Kier alpha value is -7.70. The molecule has 0 aliphatic carbocycles. The Bertz CT molecular complexity index is 3190. The second kappa shape index (κ2) is 13.0. The lowest BCUT2D eigenvalue weighted by atomic mass is 9.97. The Labute approximate surface area is 321 Å². The predicted molar refractivity (Wildman–Crippen MR) is 225 cm³/mol. The zero-order valence-corrected chi connectivity index (χ0v) is 29.9. The summed E-state index contributed by atoms with van der Waals surface area (Å²) in [7, 11) is 0. The van der Waals surface area contributed by atoms with Crippen molar-refractivity contribution in [2.24, 2.45) is 0 Å². The van der Waals surface area contributed by atoms with E-state index in [4.69, 9.17) is 28.8 Å². The summed E-state index contributed by atoms with van der Waals surface area (Å²) in [5.74, 6) is 2.40. The van der Waals surface area contributed by atoms with Crippen LogP contribution < -0.4 is 0 Å². The molecule has 11 rings (SSSR count). The number of rotatable bonds is 6. The van der Waals surface area contributed by atoms with E-state index in [2.05, 4.69) is 91.0 Å². The van der Waals surface area contributed by atoms with Crippen molar-refractivity contribution in [2.45, 2.75) is 0 Å². The fourth-order valence-corrected chi connectivity index (χ4v) is 7.65. The lowest BCUT2D eigenvalue weighted by Gasteiger charge is -2.08. The average molecular weight is 719 g/mol. The normalized spacial score (nSPS) is 11.6. The minimum atomic E-state index is 0.574. The van der Waals surface area contributed by atoms with Crippen LogP contribution in [-0.4, -0.2) is 19.9 Å². The summed E-state index contributed by atoms with van der Waals surface area (Å²) in [6.07, 6.45) is 0. The van der Waals surface area contributed by atoms with Gasteiger partial charge in [-0.1, -0.05) is 146 Å². The van der Waals surface area contributed by atoms with Gasteiger partial charge in [0.15, 0.2) is 23.1 Å². The molecule has 0 aliphatic rings. The number of furan rings is 1. The highest BCUT2D eigenvalue weighted by Gasteiger charge is 2.20. The molecule has 0 amide bonds. The molecule has 0 saturated carbocycles. The molecule has 11 aromatic rings. The third-order valence-electron chi connectivity index (χ3n) is 10.4. The largest absolute Gasteiger partial charge is 0.455 e. The maximum atomic E-state index is 6.76. The number of fused-ring (bicyclic) bond motifs is 5. The highest BCUT2D eigenvalue weighted by atomic mass is 16.3. The van der Waals surface area contributed by atoms with Crippen molar-refractivity contribution in [1.29, 1.82) is 0 Å². The minimum absolute atomic E-state index is 0.574. The molecule has 8 aromatic carbocycles. The fourth-order valence-electron chi connectivity index (χ4n) is 7.65. The molecule has 0 spiro atoms. The van der Waals surface area contributed by atoms with Crippen molar-refractivity contribution in [1.82, 2.24) is 19.9 Å². The van der Waals surface area contributed by atoms with E-state index in [1.54, 1.807) is 0 Å². The molecule has 6 nitrogen and oxygen atoms in total. The number of hydrogen-bond donors (Lipinski definition) is 0. The van der Waals surface area contributed by atoms with Crippen molar-refractivity contribution in [3.8, 4) is 67.9 Å². The zero-order valence-electron chi connectivity index (χ0n) is 29.9. The molecule has 262 valence electrons. The van der Waals surface area contributed by atoms with Gasteiger partial charge in [-0.05, 0) is 58.3 Å². The van der Waals surface area contributed by atoms with E-state index in [1.165, 1.54) is 0 Å². The van der Waals surface area contributed by atoms with Crippen LogP contribution in [0.5, 0.6) is 0 Å². The minimum Gasteiger partial charge on any atom is -0.455 e. The highest BCUT2D eigenvalue weighted by Crippen LogP contribution is 2.42. The average Bonchev–Trinajstić information content (AvgIpc) is 3.89. The molecule has 6 heteroatoms. The van der Waals surface area contributed by atoms with E-state index in [0.717, 1.165) is 82.7 Å². The Morgan fingerprint density at radius 2 is 0.911 bits per heavy atom. The Balaban J connectivity index is 1.04. The van der Waals surface area contributed by atoms with Crippen LogP contribution in [0.1, 0.15) is 0 Å².